The summed E-state index contributed by atoms with van der Waals surface area (Å²) in [5, 5.41) is 10.0. The summed E-state index contributed by atoms with van der Waals surface area (Å²) in [6.45, 7) is 0. The highest BCUT2D eigenvalue weighted by molar-refractivity contribution is 9.09. The molecule has 0 spiro atoms. The first kappa shape index (κ1) is 8.72. The number of rotatable bonds is 1. The molecule has 0 amide bonds. The second kappa shape index (κ2) is 2.82. The molecule has 0 radical (unpaired) electrons. The van der Waals surface area contributed by atoms with Crippen LogP contribution in [0.15, 0.2) is 24.3 Å². The Morgan fingerprint density at radius 2 is 2.15 bits per heavy atom. The van der Waals surface area contributed by atoms with Gasteiger partial charge in [0, 0.05) is 5.56 Å². The fourth-order valence-corrected chi connectivity index (χ4v) is 1.78. The molecule has 3 nitrogen and oxygen atoms in total. The maximum Gasteiger partial charge on any atom is 0.341 e. The smallest absolute Gasteiger partial charge is 0.341 e. The van der Waals surface area contributed by atoms with Gasteiger partial charge in [-0.3, -0.25) is 0 Å². The van der Waals surface area contributed by atoms with Crippen molar-refractivity contribution in [1.29, 1.82) is 0 Å². The number of carbonyl (C=O) groups excluding carboxylic acids is 1. The lowest BCUT2D eigenvalue weighted by molar-refractivity contribution is -0.142. The van der Waals surface area contributed by atoms with Crippen LogP contribution in [0.25, 0.3) is 0 Å². The summed E-state index contributed by atoms with van der Waals surface area (Å²) >= 11 is 3.10. The predicted octanol–water partition coefficient (Wildman–Crippen LogP) is 1.40. The Morgan fingerprint density at radius 1 is 1.46 bits per heavy atom. The SMILES string of the molecule is O=C1O[C@@](O)(CBr)c2ccccc21. The normalized spacial score (nSPS) is 25.5. The molecule has 1 aliphatic rings. The average molecular weight is 243 g/mol. The van der Waals surface area contributed by atoms with Crippen LogP contribution in [0.3, 0.4) is 0 Å². The van der Waals surface area contributed by atoms with Crippen LogP contribution in [0.5, 0.6) is 0 Å². The van der Waals surface area contributed by atoms with Gasteiger partial charge < -0.3 is 9.84 Å². The second-order valence-electron chi connectivity index (χ2n) is 2.85. The number of cyclic esters (lactones) is 1. The van der Waals surface area contributed by atoms with E-state index in [-0.39, 0.29) is 5.33 Å². The first-order chi connectivity index (χ1) is 6.17. The van der Waals surface area contributed by atoms with Crippen LogP contribution in [0.4, 0.5) is 0 Å². The molecule has 0 saturated carbocycles. The quantitative estimate of drug-likeness (QED) is 0.599. The number of benzene rings is 1. The molecule has 4 heteroatoms. The summed E-state index contributed by atoms with van der Waals surface area (Å²) in [6, 6.07) is 6.81. The van der Waals surface area contributed by atoms with Crippen molar-refractivity contribution < 1.29 is 14.6 Å². The number of halogens is 1. The van der Waals surface area contributed by atoms with E-state index in [2.05, 4.69) is 15.9 Å². The lowest BCUT2D eigenvalue weighted by atomic mass is 10.0. The van der Waals surface area contributed by atoms with E-state index in [0.29, 0.717) is 11.1 Å². The molecular weight excluding hydrogens is 236 g/mol. The van der Waals surface area contributed by atoms with E-state index in [4.69, 9.17) is 4.74 Å². The van der Waals surface area contributed by atoms with Crippen molar-refractivity contribution in [2.75, 3.05) is 5.33 Å². The van der Waals surface area contributed by atoms with Gasteiger partial charge in [-0.1, -0.05) is 34.1 Å². The minimum Gasteiger partial charge on any atom is -0.424 e. The van der Waals surface area contributed by atoms with E-state index in [0.717, 1.165) is 0 Å². The number of carbonyl (C=O) groups is 1. The minimum absolute atomic E-state index is 0.183. The third-order valence-electron chi connectivity index (χ3n) is 2.01. The van der Waals surface area contributed by atoms with Crippen molar-refractivity contribution in [3.05, 3.63) is 35.4 Å². The van der Waals surface area contributed by atoms with Gasteiger partial charge in [-0.15, -0.1) is 0 Å². The Morgan fingerprint density at radius 3 is 2.85 bits per heavy atom. The molecule has 0 saturated heterocycles. The Bertz CT molecular complexity index is 364. The highest BCUT2D eigenvalue weighted by Crippen LogP contribution is 2.35. The monoisotopic (exact) mass is 242 g/mol. The third kappa shape index (κ3) is 1.17. The fraction of sp³-hybridized carbons (Fsp3) is 0.222. The number of fused-ring (bicyclic) bond motifs is 1. The highest BCUT2D eigenvalue weighted by atomic mass is 79.9. The molecule has 0 aliphatic carbocycles. The molecule has 0 bridgehead atoms. The molecule has 0 fully saturated rings. The molecular formula is C9H7BrO3. The molecule has 1 heterocycles. The minimum atomic E-state index is -1.49. The van der Waals surface area contributed by atoms with E-state index in [1.807, 2.05) is 0 Å². The number of alkyl halides is 1. The summed E-state index contributed by atoms with van der Waals surface area (Å²) in [5.41, 5.74) is 0.960. The second-order valence-corrected chi connectivity index (χ2v) is 3.41. The van der Waals surface area contributed by atoms with Crippen molar-refractivity contribution in [3.63, 3.8) is 0 Å². The molecule has 0 unspecified atom stereocenters. The zero-order valence-electron chi connectivity index (χ0n) is 6.66. The fourth-order valence-electron chi connectivity index (χ4n) is 1.36. The van der Waals surface area contributed by atoms with Crippen LogP contribution in [0.1, 0.15) is 15.9 Å². The first-order valence-electron chi connectivity index (χ1n) is 3.78. The Hall–Kier alpha value is -0.870. The van der Waals surface area contributed by atoms with Gasteiger partial charge in [0.25, 0.3) is 0 Å². The molecule has 1 aromatic rings. The Balaban J connectivity index is 2.59. The van der Waals surface area contributed by atoms with E-state index in [1.165, 1.54) is 0 Å². The zero-order chi connectivity index (χ0) is 9.47. The van der Waals surface area contributed by atoms with Crippen LogP contribution in [-0.2, 0) is 10.5 Å². The van der Waals surface area contributed by atoms with Gasteiger partial charge >= 0.3 is 5.97 Å². The van der Waals surface area contributed by atoms with E-state index < -0.39 is 11.8 Å². The maximum absolute atomic E-state index is 11.2. The topological polar surface area (TPSA) is 46.5 Å². The van der Waals surface area contributed by atoms with Crippen molar-refractivity contribution in [1.82, 2.24) is 0 Å². The lowest BCUT2D eigenvalue weighted by Gasteiger charge is -2.18. The average Bonchev–Trinajstić information content (AvgIpc) is 2.42. The van der Waals surface area contributed by atoms with Crippen LogP contribution in [0.2, 0.25) is 0 Å². The van der Waals surface area contributed by atoms with Crippen LogP contribution in [-0.4, -0.2) is 16.4 Å². The molecule has 1 aliphatic heterocycles. The molecule has 0 aromatic heterocycles. The number of aliphatic hydroxyl groups is 1. The van der Waals surface area contributed by atoms with Gasteiger partial charge in [0.05, 0.1) is 10.9 Å². The maximum atomic E-state index is 11.2. The summed E-state index contributed by atoms with van der Waals surface area (Å²) in [5.74, 6) is -1.97. The van der Waals surface area contributed by atoms with Crippen LogP contribution >= 0.6 is 15.9 Å². The largest absolute Gasteiger partial charge is 0.424 e. The molecule has 1 aromatic carbocycles. The molecule has 1 atom stereocenters. The molecule has 2 rings (SSSR count). The standard InChI is InChI=1S/C9H7BrO3/c10-5-9(12)7-4-2-1-3-6(7)8(11)13-9/h1-4,12H,5H2/t9-/m0/s1. The van der Waals surface area contributed by atoms with E-state index in [9.17, 15) is 9.90 Å². The van der Waals surface area contributed by atoms with Gasteiger partial charge in [0.1, 0.15) is 0 Å². The van der Waals surface area contributed by atoms with Gasteiger partial charge in [0.2, 0.25) is 5.79 Å². The van der Waals surface area contributed by atoms with Crippen molar-refractivity contribution in [2.45, 2.75) is 5.79 Å². The summed E-state index contributed by atoms with van der Waals surface area (Å²) in [4.78, 5) is 11.2. The van der Waals surface area contributed by atoms with Gasteiger partial charge in [-0.05, 0) is 6.07 Å². The Labute approximate surface area is 83.5 Å². The van der Waals surface area contributed by atoms with Crippen LogP contribution < -0.4 is 0 Å². The van der Waals surface area contributed by atoms with Crippen LogP contribution in [0, 0.1) is 0 Å². The van der Waals surface area contributed by atoms with Crippen molar-refractivity contribution in [2.24, 2.45) is 0 Å². The van der Waals surface area contributed by atoms with Gasteiger partial charge in [-0.2, -0.15) is 0 Å². The molecule has 1 N–H and O–H groups in total. The number of ether oxygens (including phenoxy) is 1. The van der Waals surface area contributed by atoms with Gasteiger partial charge in [-0.25, -0.2) is 4.79 Å². The highest BCUT2D eigenvalue weighted by Gasteiger charge is 2.42. The number of hydrogen-bond donors (Lipinski definition) is 1. The van der Waals surface area contributed by atoms with Gasteiger partial charge in [0.15, 0.2) is 0 Å². The van der Waals surface area contributed by atoms with Crippen molar-refractivity contribution >= 4 is 21.9 Å². The predicted molar refractivity (Wildman–Crippen MR) is 49.5 cm³/mol. The molecule has 68 valence electrons. The molecule has 13 heavy (non-hydrogen) atoms. The Kier molecular flexibility index (Phi) is 1.89. The number of esters is 1. The summed E-state index contributed by atoms with van der Waals surface area (Å²) < 4.78 is 4.84. The number of hydrogen-bond acceptors (Lipinski definition) is 3. The van der Waals surface area contributed by atoms with E-state index >= 15 is 0 Å². The summed E-state index contributed by atoms with van der Waals surface area (Å²) in [7, 11) is 0. The van der Waals surface area contributed by atoms with E-state index in [1.54, 1.807) is 24.3 Å². The lowest BCUT2D eigenvalue weighted by Crippen LogP contribution is -2.27. The summed E-state index contributed by atoms with van der Waals surface area (Å²) in [6.07, 6.45) is 0. The third-order valence-corrected chi connectivity index (χ3v) is 2.77. The zero-order valence-corrected chi connectivity index (χ0v) is 8.24. The first-order valence-corrected chi connectivity index (χ1v) is 4.91. The van der Waals surface area contributed by atoms with Crippen molar-refractivity contribution in [3.8, 4) is 0 Å².